The third kappa shape index (κ3) is 4.34. The Morgan fingerprint density at radius 2 is 1.81 bits per heavy atom. The van der Waals surface area contributed by atoms with E-state index in [0.29, 0.717) is 18.7 Å². The van der Waals surface area contributed by atoms with Crippen LogP contribution in [-0.4, -0.2) is 33.8 Å². The van der Waals surface area contributed by atoms with Crippen molar-refractivity contribution in [3.8, 4) is 0 Å². The van der Waals surface area contributed by atoms with Crippen LogP contribution in [0.4, 0.5) is 5.82 Å². The van der Waals surface area contributed by atoms with Crippen LogP contribution in [-0.2, 0) is 13.1 Å². The number of nitrogens with one attached hydrogen (secondary N) is 1. The van der Waals surface area contributed by atoms with E-state index in [2.05, 4.69) is 20.3 Å². The molecule has 0 bridgehead atoms. The van der Waals surface area contributed by atoms with E-state index < -0.39 is 0 Å². The predicted molar refractivity (Wildman–Crippen MR) is 105 cm³/mol. The molecule has 1 amide bonds. The van der Waals surface area contributed by atoms with Crippen molar-refractivity contribution in [3.05, 3.63) is 77.7 Å². The molecular weight excluding hydrogens is 338 g/mol. The van der Waals surface area contributed by atoms with Gasteiger partial charge in [-0.15, -0.1) is 0 Å². The van der Waals surface area contributed by atoms with Crippen molar-refractivity contribution in [1.29, 1.82) is 0 Å². The smallest absolute Gasteiger partial charge is 0.251 e. The van der Waals surface area contributed by atoms with Gasteiger partial charge >= 0.3 is 0 Å². The highest BCUT2D eigenvalue weighted by Crippen LogP contribution is 2.17. The summed E-state index contributed by atoms with van der Waals surface area (Å²) in [6.45, 7) is 3.34. The minimum absolute atomic E-state index is 0.0794. The van der Waals surface area contributed by atoms with E-state index in [1.807, 2.05) is 59.5 Å². The number of benzene rings is 1. The van der Waals surface area contributed by atoms with Gasteiger partial charge in [0.1, 0.15) is 5.82 Å². The first-order valence-electron chi connectivity index (χ1n) is 9.32. The standard InChI is InChI=1S/C21H23N5O/c27-21(19-7-4-17(5-8-19)16-26-13-3-10-24-26)23-15-18-6-9-20(22-14-18)25-11-1-2-12-25/h3-10,13-14H,1-2,11-12,15-16H2,(H,23,27). The molecule has 1 aliphatic rings. The molecule has 0 aliphatic carbocycles. The summed E-state index contributed by atoms with van der Waals surface area (Å²) in [7, 11) is 0. The third-order valence-electron chi connectivity index (χ3n) is 4.81. The van der Waals surface area contributed by atoms with Gasteiger partial charge in [0.15, 0.2) is 0 Å². The number of hydrogen-bond donors (Lipinski definition) is 1. The molecule has 0 spiro atoms. The molecule has 6 nitrogen and oxygen atoms in total. The Kier molecular flexibility index (Phi) is 5.14. The fraction of sp³-hybridized carbons (Fsp3) is 0.286. The Balaban J connectivity index is 1.31. The molecule has 0 radical (unpaired) electrons. The highest BCUT2D eigenvalue weighted by atomic mass is 16.1. The summed E-state index contributed by atoms with van der Waals surface area (Å²) in [5.41, 5.74) is 2.76. The summed E-state index contributed by atoms with van der Waals surface area (Å²) in [4.78, 5) is 19.2. The Labute approximate surface area is 158 Å². The van der Waals surface area contributed by atoms with Crippen LogP contribution in [0.1, 0.15) is 34.3 Å². The fourth-order valence-corrected chi connectivity index (χ4v) is 3.28. The molecule has 1 aliphatic heterocycles. The van der Waals surface area contributed by atoms with Gasteiger partial charge in [-0.3, -0.25) is 9.48 Å². The second-order valence-corrected chi connectivity index (χ2v) is 6.80. The van der Waals surface area contributed by atoms with Crippen molar-refractivity contribution in [2.45, 2.75) is 25.9 Å². The van der Waals surface area contributed by atoms with Gasteiger partial charge in [0.05, 0.1) is 6.54 Å². The van der Waals surface area contributed by atoms with Gasteiger partial charge in [0, 0.05) is 43.8 Å². The first-order chi connectivity index (χ1) is 13.3. The zero-order valence-corrected chi connectivity index (χ0v) is 15.2. The summed E-state index contributed by atoms with van der Waals surface area (Å²) in [6, 6.07) is 13.6. The maximum Gasteiger partial charge on any atom is 0.251 e. The minimum atomic E-state index is -0.0794. The van der Waals surface area contributed by atoms with Crippen LogP contribution >= 0.6 is 0 Å². The quantitative estimate of drug-likeness (QED) is 0.733. The number of carbonyl (C=O) groups excluding carboxylic acids is 1. The van der Waals surface area contributed by atoms with E-state index in [1.54, 1.807) is 6.20 Å². The van der Waals surface area contributed by atoms with Gasteiger partial charge in [0.25, 0.3) is 5.91 Å². The van der Waals surface area contributed by atoms with Gasteiger partial charge in [-0.25, -0.2) is 4.98 Å². The SMILES string of the molecule is O=C(NCc1ccc(N2CCCC2)nc1)c1ccc(Cn2cccn2)cc1. The van der Waals surface area contributed by atoms with Crippen molar-refractivity contribution in [3.63, 3.8) is 0 Å². The molecule has 0 saturated carbocycles. The Morgan fingerprint density at radius 3 is 2.48 bits per heavy atom. The van der Waals surface area contributed by atoms with E-state index in [1.165, 1.54) is 12.8 Å². The number of aromatic nitrogens is 3. The lowest BCUT2D eigenvalue weighted by molar-refractivity contribution is 0.0951. The van der Waals surface area contributed by atoms with Crippen molar-refractivity contribution < 1.29 is 4.79 Å². The molecule has 0 unspecified atom stereocenters. The first kappa shape index (κ1) is 17.3. The van der Waals surface area contributed by atoms with E-state index in [0.717, 1.165) is 30.0 Å². The van der Waals surface area contributed by atoms with E-state index in [4.69, 9.17) is 0 Å². The number of amides is 1. The molecule has 2 aromatic heterocycles. The summed E-state index contributed by atoms with van der Waals surface area (Å²) in [5.74, 6) is 0.944. The molecule has 138 valence electrons. The van der Waals surface area contributed by atoms with Crippen LogP contribution in [0.15, 0.2) is 61.1 Å². The molecule has 6 heteroatoms. The largest absolute Gasteiger partial charge is 0.357 e. The van der Waals surface area contributed by atoms with Crippen molar-refractivity contribution in [1.82, 2.24) is 20.1 Å². The van der Waals surface area contributed by atoms with E-state index >= 15 is 0 Å². The third-order valence-corrected chi connectivity index (χ3v) is 4.81. The highest BCUT2D eigenvalue weighted by molar-refractivity contribution is 5.94. The first-order valence-corrected chi connectivity index (χ1v) is 9.32. The summed E-state index contributed by atoms with van der Waals surface area (Å²) < 4.78 is 1.86. The molecule has 1 fully saturated rings. The average Bonchev–Trinajstić information content (AvgIpc) is 3.41. The molecular formula is C21H23N5O. The van der Waals surface area contributed by atoms with E-state index in [9.17, 15) is 4.79 Å². The van der Waals surface area contributed by atoms with Gasteiger partial charge in [-0.1, -0.05) is 18.2 Å². The van der Waals surface area contributed by atoms with E-state index in [-0.39, 0.29) is 5.91 Å². The number of pyridine rings is 1. The molecule has 4 rings (SSSR count). The molecule has 1 saturated heterocycles. The fourth-order valence-electron chi connectivity index (χ4n) is 3.28. The predicted octanol–water partition coefficient (Wildman–Crippen LogP) is 2.86. The molecule has 27 heavy (non-hydrogen) atoms. The monoisotopic (exact) mass is 361 g/mol. The summed E-state index contributed by atoms with van der Waals surface area (Å²) in [6.07, 6.45) is 8.00. The Morgan fingerprint density at radius 1 is 1.04 bits per heavy atom. The molecule has 3 heterocycles. The van der Waals surface area contributed by atoms with Crippen LogP contribution in [0.2, 0.25) is 0 Å². The zero-order valence-electron chi connectivity index (χ0n) is 15.2. The second kappa shape index (κ2) is 8.03. The van der Waals surface area contributed by atoms with Crippen LogP contribution in [0.25, 0.3) is 0 Å². The van der Waals surface area contributed by atoms with Crippen LogP contribution in [0, 0.1) is 0 Å². The molecule has 1 aromatic carbocycles. The lowest BCUT2D eigenvalue weighted by Crippen LogP contribution is -2.23. The Hall–Kier alpha value is -3.15. The van der Waals surface area contributed by atoms with Crippen molar-refractivity contribution in [2.75, 3.05) is 18.0 Å². The van der Waals surface area contributed by atoms with Gasteiger partial charge < -0.3 is 10.2 Å². The minimum Gasteiger partial charge on any atom is -0.357 e. The molecule has 3 aromatic rings. The number of carbonyl (C=O) groups is 1. The number of anilines is 1. The van der Waals surface area contributed by atoms with Gasteiger partial charge in [-0.05, 0) is 48.2 Å². The lowest BCUT2D eigenvalue weighted by atomic mass is 10.1. The zero-order chi connectivity index (χ0) is 18.5. The average molecular weight is 361 g/mol. The summed E-state index contributed by atoms with van der Waals surface area (Å²) >= 11 is 0. The van der Waals surface area contributed by atoms with Crippen molar-refractivity contribution in [2.24, 2.45) is 0 Å². The molecule has 1 N–H and O–H groups in total. The highest BCUT2D eigenvalue weighted by Gasteiger charge is 2.13. The van der Waals surface area contributed by atoms with Crippen LogP contribution < -0.4 is 10.2 Å². The second-order valence-electron chi connectivity index (χ2n) is 6.80. The Bertz CT molecular complexity index is 866. The maximum absolute atomic E-state index is 12.4. The van der Waals surface area contributed by atoms with Crippen LogP contribution in [0.5, 0.6) is 0 Å². The topological polar surface area (TPSA) is 63.1 Å². The van der Waals surface area contributed by atoms with Gasteiger partial charge in [-0.2, -0.15) is 5.10 Å². The normalized spacial score (nSPS) is 13.7. The number of nitrogens with zero attached hydrogens (tertiary/aromatic N) is 4. The summed E-state index contributed by atoms with van der Waals surface area (Å²) in [5, 5.41) is 7.15. The maximum atomic E-state index is 12.4. The number of rotatable bonds is 6. The lowest BCUT2D eigenvalue weighted by Gasteiger charge is -2.16. The number of hydrogen-bond acceptors (Lipinski definition) is 4. The van der Waals surface area contributed by atoms with Crippen LogP contribution in [0.3, 0.4) is 0 Å². The molecule has 0 atom stereocenters. The van der Waals surface area contributed by atoms with Crippen molar-refractivity contribution >= 4 is 11.7 Å². The van der Waals surface area contributed by atoms with Gasteiger partial charge in [0.2, 0.25) is 0 Å².